The summed E-state index contributed by atoms with van der Waals surface area (Å²) in [5, 5.41) is 10.2. The van der Waals surface area contributed by atoms with Crippen molar-refractivity contribution >= 4 is 21.7 Å². The molecule has 2 unspecified atom stereocenters. The van der Waals surface area contributed by atoms with E-state index in [1.165, 1.54) is 16.3 Å². The summed E-state index contributed by atoms with van der Waals surface area (Å²) in [7, 11) is 0. The normalized spacial score (nSPS) is 12.6. The molecule has 0 radical (unpaired) electrons. The molecule has 2 aromatic carbocycles. The van der Waals surface area contributed by atoms with Crippen LogP contribution in [0.4, 0.5) is 0 Å². The van der Waals surface area contributed by atoms with Crippen molar-refractivity contribution in [1.29, 1.82) is 0 Å². The van der Waals surface area contributed by atoms with Crippen molar-refractivity contribution in [3.63, 3.8) is 0 Å². The first-order valence-electron chi connectivity index (χ1n) is 7.21. The second kappa shape index (κ2) is 8.04. The van der Waals surface area contributed by atoms with E-state index in [4.69, 9.17) is 5.11 Å². The Bertz CT molecular complexity index is 581. The predicted octanol–water partition coefficient (Wildman–Crippen LogP) is 3.30. The quantitative estimate of drug-likeness (QED) is 0.783. The van der Waals surface area contributed by atoms with Crippen LogP contribution in [-0.2, 0) is 22.8 Å². The van der Waals surface area contributed by atoms with Gasteiger partial charge >= 0.3 is 133 Å². The van der Waals surface area contributed by atoms with Crippen LogP contribution in [0.25, 0.3) is 0 Å². The Morgan fingerprint density at radius 1 is 1.05 bits per heavy atom. The second-order valence-electron chi connectivity index (χ2n) is 5.31. The summed E-state index contributed by atoms with van der Waals surface area (Å²) < 4.78 is 0.667. The summed E-state index contributed by atoms with van der Waals surface area (Å²) in [4.78, 5) is 10.9. The predicted molar refractivity (Wildman–Crippen MR) is 88.2 cm³/mol. The number of hydrogen-bond acceptors (Lipinski definition) is 1. The third-order valence-corrected chi connectivity index (χ3v) is 6.66. The molecule has 0 saturated heterocycles. The maximum absolute atomic E-state index is 10.9. The van der Waals surface area contributed by atoms with E-state index in [0.29, 0.717) is 4.71 Å². The topological polar surface area (TPSA) is 37.3 Å². The fourth-order valence-corrected chi connectivity index (χ4v) is 4.87. The molecule has 0 bridgehead atoms. The summed E-state index contributed by atoms with van der Waals surface area (Å²) in [6, 6.07) is 18.6. The zero-order valence-electron chi connectivity index (χ0n) is 12.3. The van der Waals surface area contributed by atoms with Gasteiger partial charge in [-0.15, -0.1) is 0 Å². The number of carboxylic acids is 1. The molecule has 21 heavy (non-hydrogen) atoms. The summed E-state index contributed by atoms with van der Waals surface area (Å²) >= 11 is -0.0655. The van der Waals surface area contributed by atoms with Crippen molar-refractivity contribution in [1.82, 2.24) is 0 Å². The van der Waals surface area contributed by atoms with Gasteiger partial charge < -0.3 is 0 Å². The molecular formula is C18H21AsO2. The van der Waals surface area contributed by atoms with Crippen LogP contribution in [0.5, 0.6) is 0 Å². The Kier molecular flexibility index (Phi) is 6.07. The first-order chi connectivity index (χ1) is 10.1. The van der Waals surface area contributed by atoms with Crippen LogP contribution in [0.2, 0.25) is 4.71 Å². The summed E-state index contributed by atoms with van der Waals surface area (Å²) in [5.74, 6) is -0.754. The molecule has 0 fully saturated rings. The van der Waals surface area contributed by atoms with Gasteiger partial charge in [0.2, 0.25) is 0 Å². The fraction of sp³-hybridized carbons (Fsp3) is 0.278. The third-order valence-electron chi connectivity index (χ3n) is 3.48. The Morgan fingerprint density at radius 2 is 1.67 bits per heavy atom. The van der Waals surface area contributed by atoms with Gasteiger partial charge in [-0.2, -0.15) is 0 Å². The number of rotatable bonds is 7. The van der Waals surface area contributed by atoms with Gasteiger partial charge in [0.25, 0.3) is 0 Å². The third kappa shape index (κ3) is 5.40. The van der Waals surface area contributed by atoms with E-state index in [0.717, 1.165) is 12.0 Å². The van der Waals surface area contributed by atoms with Crippen molar-refractivity contribution < 1.29 is 9.90 Å². The average Bonchev–Trinajstić information content (AvgIpc) is 2.48. The van der Waals surface area contributed by atoms with E-state index in [-0.39, 0.29) is 22.2 Å². The van der Waals surface area contributed by atoms with Gasteiger partial charge in [0, 0.05) is 0 Å². The van der Waals surface area contributed by atoms with Crippen molar-refractivity contribution in [2.24, 2.45) is 0 Å². The molecule has 2 aromatic rings. The van der Waals surface area contributed by atoms with Gasteiger partial charge in [0.1, 0.15) is 0 Å². The van der Waals surface area contributed by atoms with Crippen LogP contribution in [0.1, 0.15) is 23.6 Å². The number of carbonyl (C=O) groups is 1. The molecular weight excluding hydrogens is 323 g/mol. The molecule has 110 valence electrons. The van der Waals surface area contributed by atoms with Crippen molar-refractivity contribution in [3.8, 4) is 0 Å². The molecule has 0 spiro atoms. The minimum atomic E-state index is -0.754. The van der Waals surface area contributed by atoms with E-state index in [9.17, 15) is 4.79 Å². The fourth-order valence-electron chi connectivity index (χ4n) is 2.38. The Labute approximate surface area is 132 Å². The molecule has 0 amide bonds. The molecule has 3 heteroatoms. The van der Waals surface area contributed by atoms with E-state index < -0.39 is 5.97 Å². The van der Waals surface area contributed by atoms with Crippen molar-refractivity contribution in [2.75, 3.05) is 0 Å². The van der Waals surface area contributed by atoms with Gasteiger partial charge in [-0.25, -0.2) is 0 Å². The molecule has 0 saturated carbocycles. The van der Waals surface area contributed by atoms with Crippen LogP contribution < -0.4 is 0 Å². The molecule has 0 aliphatic heterocycles. The summed E-state index contributed by atoms with van der Waals surface area (Å²) in [6.45, 7) is 2.29. The van der Waals surface area contributed by atoms with Crippen molar-refractivity contribution in [2.45, 2.75) is 29.7 Å². The molecule has 1 N–H and O–H groups in total. The molecule has 0 aliphatic carbocycles. The number of hydrogen-bond donors (Lipinski definition) is 1. The van der Waals surface area contributed by atoms with Gasteiger partial charge in [-0.1, -0.05) is 0 Å². The number of aliphatic carboxylic acids is 1. The van der Waals surface area contributed by atoms with E-state index in [1.807, 2.05) is 18.2 Å². The first kappa shape index (κ1) is 15.8. The van der Waals surface area contributed by atoms with Gasteiger partial charge in [-0.3, -0.25) is 0 Å². The molecule has 2 rings (SSSR count). The monoisotopic (exact) mass is 344 g/mol. The van der Waals surface area contributed by atoms with Gasteiger partial charge in [-0.05, 0) is 0 Å². The second-order valence-corrected chi connectivity index (χ2v) is 8.98. The number of carboxylic acid groups (broad SMARTS) is 1. The number of benzene rings is 2. The molecule has 2 atom stereocenters. The van der Waals surface area contributed by atoms with E-state index >= 15 is 0 Å². The first-order valence-corrected chi connectivity index (χ1v) is 9.90. The van der Waals surface area contributed by atoms with Crippen LogP contribution >= 0.6 is 0 Å². The van der Waals surface area contributed by atoms with Crippen LogP contribution in [-0.4, -0.2) is 26.8 Å². The molecule has 2 nitrogen and oxygen atoms in total. The van der Waals surface area contributed by atoms with Gasteiger partial charge in [0.05, 0.1) is 0 Å². The standard InChI is InChI=1S/C18H21AsO2/c1-14(19-13-15-7-3-2-4-8-15)11-16-9-5-6-10-17(16)12-18(20)21/h2-10,14,19H,11-13H2,1H3,(H,20,21). The zero-order valence-corrected chi connectivity index (χ0v) is 14.3. The van der Waals surface area contributed by atoms with E-state index in [1.54, 1.807) is 0 Å². The summed E-state index contributed by atoms with van der Waals surface area (Å²) in [6.07, 6.45) is 1.12. The Hall–Kier alpha value is -1.53. The maximum atomic E-state index is 10.9. The molecule has 0 aromatic heterocycles. The Morgan fingerprint density at radius 3 is 2.33 bits per heavy atom. The zero-order chi connectivity index (χ0) is 15.1. The average molecular weight is 344 g/mol. The van der Waals surface area contributed by atoms with Crippen LogP contribution in [0.3, 0.4) is 0 Å². The van der Waals surface area contributed by atoms with Gasteiger partial charge in [0.15, 0.2) is 0 Å². The van der Waals surface area contributed by atoms with Crippen LogP contribution in [0, 0.1) is 0 Å². The van der Waals surface area contributed by atoms with Crippen LogP contribution in [0.15, 0.2) is 54.6 Å². The summed E-state index contributed by atoms with van der Waals surface area (Å²) in [5.41, 5.74) is 3.58. The minimum absolute atomic E-state index is 0.0655. The van der Waals surface area contributed by atoms with E-state index in [2.05, 4.69) is 43.3 Å². The SMILES string of the molecule is CC(Cc1ccccc1CC(=O)O)[AsH]Cc1ccccc1. The Balaban J connectivity index is 1.93. The molecule has 0 heterocycles. The van der Waals surface area contributed by atoms with Crippen molar-refractivity contribution in [3.05, 3.63) is 71.3 Å². The molecule has 0 aliphatic rings.